The number of rotatable bonds is 0. The average Bonchev–Trinajstić information content (AvgIpc) is 1.77. The number of nitrogens with zero attached hydrogens (tertiary/aromatic N) is 2. The zero-order valence-electron chi connectivity index (χ0n) is 4.61. The second-order valence-corrected chi connectivity index (χ2v) is 1.76. The van der Waals surface area contributed by atoms with E-state index in [1.807, 2.05) is 0 Å². The Morgan fingerprint density at radius 1 is 1.56 bits per heavy atom. The van der Waals surface area contributed by atoms with Gasteiger partial charge in [-0.05, 0) is 0 Å². The third kappa shape index (κ3) is 1.01. The van der Waals surface area contributed by atoms with Crippen molar-refractivity contribution in [3.8, 4) is 0 Å². The first-order valence-corrected chi connectivity index (χ1v) is 2.32. The standard InChI is InChI=1S/C4H6N4O/c5-4(6)1-7-2-8-3(4)9/h1-2H,5-6H2. The van der Waals surface area contributed by atoms with E-state index >= 15 is 0 Å². The van der Waals surface area contributed by atoms with Gasteiger partial charge in [-0.1, -0.05) is 0 Å². The molecule has 0 saturated heterocycles. The number of carbonyl (C=O) groups excluding carboxylic acids is 1. The highest BCUT2D eigenvalue weighted by Crippen LogP contribution is 1.93. The second kappa shape index (κ2) is 1.71. The molecule has 5 nitrogen and oxygen atoms in total. The minimum absolute atomic E-state index is 0.572. The van der Waals surface area contributed by atoms with Crippen LogP contribution >= 0.6 is 0 Å². The molecule has 9 heavy (non-hydrogen) atoms. The summed E-state index contributed by atoms with van der Waals surface area (Å²) in [7, 11) is 0. The molecule has 48 valence electrons. The zero-order valence-corrected chi connectivity index (χ0v) is 4.61. The van der Waals surface area contributed by atoms with Gasteiger partial charge >= 0.3 is 0 Å². The van der Waals surface area contributed by atoms with Gasteiger partial charge in [0.05, 0.1) is 6.21 Å². The first-order chi connectivity index (χ1) is 4.13. The lowest BCUT2D eigenvalue weighted by Crippen LogP contribution is -2.58. The summed E-state index contributed by atoms with van der Waals surface area (Å²) < 4.78 is 0. The van der Waals surface area contributed by atoms with Gasteiger partial charge in [-0.3, -0.25) is 4.79 Å². The highest BCUT2D eigenvalue weighted by atomic mass is 16.2. The molecular formula is C4H6N4O. The summed E-state index contributed by atoms with van der Waals surface area (Å²) in [6.45, 7) is 0. The fourth-order valence-corrected chi connectivity index (χ4v) is 0.409. The fourth-order valence-electron chi connectivity index (χ4n) is 0.409. The molecule has 1 aliphatic heterocycles. The Balaban J connectivity index is 2.91. The second-order valence-electron chi connectivity index (χ2n) is 1.76. The van der Waals surface area contributed by atoms with E-state index < -0.39 is 11.6 Å². The lowest BCUT2D eigenvalue weighted by Gasteiger charge is -2.15. The maximum Gasteiger partial charge on any atom is 0.287 e. The largest absolute Gasteiger partial charge is 0.301 e. The Morgan fingerprint density at radius 3 is 2.56 bits per heavy atom. The van der Waals surface area contributed by atoms with Crippen LogP contribution in [-0.4, -0.2) is 24.1 Å². The van der Waals surface area contributed by atoms with Gasteiger partial charge in [0.15, 0.2) is 5.66 Å². The minimum atomic E-state index is -1.49. The first kappa shape index (κ1) is 6.06. The van der Waals surface area contributed by atoms with Gasteiger partial charge < -0.3 is 11.5 Å². The van der Waals surface area contributed by atoms with Crippen LogP contribution in [0.15, 0.2) is 9.98 Å². The molecule has 0 aromatic heterocycles. The predicted octanol–water partition coefficient (Wildman–Crippen LogP) is -1.76. The lowest BCUT2D eigenvalue weighted by atomic mass is 10.2. The fraction of sp³-hybridized carbons (Fsp3) is 0.250. The van der Waals surface area contributed by atoms with Crippen LogP contribution in [0.5, 0.6) is 0 Å². The molecular weight excluding hydrogens is 120 g/mol. The third-order valence-corrected chi connectivity index (χ3v) is 0.900. The molecule has 0 radical (unpaired) electrons. The molecule has 1 aliphatic rings. The van der Waals surface area contributed by atoms with Crippen molar-refractivity contribution in [2.75, 3.05) is 0 Å². The van der Waals surface area contributed by atoms with E-state index in [1.54, 1.807) is 0 Å². The Labute approximate surface area is 51.5 Å². The van der Waals surface area contributed by atoms with Gasteiger partial charge in [0.25, 0.3) is 5.91 Å². The topological polar surface area (TPSA) is 93.8 Å². The van der Waals surface area contributed by atoms with Crippen molar-refractivity contribution >= 4 is 18.5 Å². The summed E-state index contributed by atoms with van der Waals surface area (Å²) in [5.41, 5.74) is 8.88. The zero-order chi connectivity index (χ0) is 6.91. The molecule has 1 heterocycles. The van der Waals surface area contributed by atoms with Crippen LogP contribution in [0, 0.1) is 0 Å². The molecule has 0 unspecified atom stereocenters. The molecule has 0 saturated carbocycles. The van der Waals surface area contributed by atoms with Crippen LogP contribution < -0.4 is 11.5 Å². The normalized spacial score (nSPS) is 22.7. The molecule has 1 amide bonds. The van der Waals surface area contributed by atoms with E-state index in [1.165, 1.54) is 0 Å². The van der Waals surface area contributed by atoms with Gasteiger partial charge in [0.1, 0.15) is 6.34 Å². The monoisotopic (exact) mass is 126 g/mol. The van der Waals surface area contributed by atoms with Gasteiger partial charge in [0.2, 0.25) is 0 Å². The Hall–Kier alpha value is -1.07. The highest BCUT2D eigenvalue weighted by Gasteiger charge is 2.27. The number of aliphatic imine (C=N–C) groups is 2. The molecule has 0 fully saturated rings. The minimum Gasteiger partial charge on any atom is -0.301 e. The molecule has 0 spiro atoms. The summed E-state index contributed by atoms with van der Waals surface area (Å²) >= 11 is 0. The SMILES string of the molecule is NC1(N)C=NC=NC1=O. The third-order valence-electron chi connectivity index (χ3n) is 0.900. The van der Waals surface area contributed by atoms with E-state index in [-0.39, 0.29) is 0 Å². The quantitative estimate of drug-likeness (QED) is 0.376. The molecule has 5 heteroatoms. The predicted molar refractivity (Wildman–Crippen MR) is 33.1 cm³/mol. The summed E-state index contributed by atoms with van der Waals surface area (Å²) in [6.07, 6.45) is 2.27. The van der Waals surface area contributed by atoms with Crippen molar-refractivity contribution in [3.63, 3.8) is 0 Å². The first-order valence-electron chi connectivity index (χ1n) is 2.32. The van der Waals surface area contributed by atoms with E-state index in [9.17, 15) is 4.79 Å². The number of hydrogen-bond acceptors (Lipinski definition) is 4. The van der Waals surface area contributed by atoms with Gasteiger partial charge in [-0.15, -0.1) is 0 Å². The summed E-state index contributed by atoms with van der Waals surface area (Å²) in [5.74, 6) is -0.572. The molecule has 4 N–H and O–H groups in total. The van der Waals surface area contributed by atoms with Crippen LogP contribution in [-0.2, 0) is 4.79 Å². The molecule has 0 aromatic carbocycles. The van der Waals surface area contributed by atoms with Crippen molar-refractivity contribution in [2.24, 2.45) is 21.5 Å². The van der Waals surface area contributed by atoms with Crippen molar-refractivity contribution in [1.29, 1.82) is 0 Å². The molecule has 0 aromatic rings. The van der Waals surface area contributed by atoms with Crippen LogP contribution in [0.3, 0.4) is 0 Å². The maximum atomic E-state index is 10.6. The average molecular weight is 126 g/mol. The summed E-state index contributed by atoms with van der Waals surface area (Å²) in [5, 5.41) is 0. The Kier molecular flexibility index (Phi) is 1.15. The lowest BCUT2D eigenvalue weighted by molar-refractivity contribution is -0.120. The molecule has 0 atom stereocenters. The van der Waals surface area contributed by atoms with Crippen molar-refractivity contribution < 1.29 is 4.79 Å². The van der Waals surface area contributed by atoms with Gasteiger partial charge in [-0.2, -0.15) is 4.99 Å². The van der Waals surface area contributed by atoms with E-state index in [0.717, 1.165) is 12.6 Å². The van der Waals surface area contributed by atoms with Crippen LogP contribution in [0.25, 0.3) is 0 Å². The van der Waals surface area contributed by atoms with Crippen LogP contribution in [0.4, 0.5) is 0 Å². The smallest absolute Gasteiger partial charge is 0.287 e. The number of nitrogens with two attached hydrogens (primary N) is 2. The highest BCUT2D eigenvalue weighted by molar-refractivity contribution is 6.09. The summed E-state index contributed by atoms with van der Waals surface area (Å²) in [6, 6.07) is 0. The maximum absolute atomic E-state index is 10.6. The molecule has 1 rings (SSSR count). The van der Waals surface area contributed by atoms with Crippen molar-refractivity contribution in [1.82, 2.24) is 0 Å². The molecule has 0 aliphatic carbocycles. The van der Waals surface area contributed by atoms with Crippen molar-refractivity contribution in [3.05, 3.63) is 0 Å². The van der Waals surface area contributed by atoms with Gasteiger partial charge in [-0.25, -0.2) is 4.99 Å². The number of carbonyl (C=O) groups is 1. The van der Waals surface area contributed by atoms with Gasteiger partial charge in [0, 0.05) is 0 Å². The van der Waals surface area contributed by atoms with E-state index in [0.29, 0.717) is 0 Å². The van der Waals surface area contributed by atoms with Crippen molar-refractivity contribution in [2.45, 2.75) is 5.66 Å². The van der Waals surface area contributed by atoms with Crippen LogP contribution in [0.2, 0.25) is 0 Å². The number of hydrogen-bond donors (Lipinski definition) is 2. The van der Waals surface area contributed by atoms with Crippen LogP contribution in [0.1, 0.15) is 0 Å². The van der Waals surface area contributed by atoms with E-state index in [4.69, 9.17) is 11.5 Å². The molecule has 0 bridgehead atoms. The Bertz CT molecular complexity index is 193. The Morgan fingerprint density at radius 2 is 2.22 bits per heavy atom. The number of amides is 1. The summed E-state index contributed by atoms with van der Waals surface area (Å²) in [4.78, 5) is 17.3. The van der Waals surface area contributed by atoms with E-state index in [2.05, 4.69) is 9.98 Å².